The van der Waals surface area contributed by atoms with Gasteiger partial charge in [0.1, 0.15) is 0 Å². The highest BCUT2D eigenvalue weighted by Crippen LogP contribution is 2.49. The Labute approximate surface area is 223 Å². The van der Waals surface area contributed by atoms with E-state index in [2.05, 4.69) is 5.32 Å². The van der Waals surface area contributed by atoms with Crippen LogP contribution in [0.4, 0.5) is 0 Å². The first-order chi connectivity index (χ1) is 18.0. The molecule has 1 saturated heterocycles. The van der Waals surface area contributed by atoms with Crippen LogP contribution in [-0.2, 0) is 5.75 Å². The number of phenolic OH excluding ortho intramolecular Hbond substituents is 1. The van der Waals surface area contributed by atoms with E-state index in [1.807, 2.05) is 23.9 Å². The van der Waals surface area contributed by atoms with E-state index in [4.69, 9.17) is 33.2 Å². The van der Waals surface area contributed by atoms with Gasteiger partial charge in [0.05, 0.1) is 49.3 Å². The molecule has 0 saturated carbocycles. The summed E-state index contributed by atoms with van der Waals surface area (Å²) in [6.45, 7) is 2.49. The van der Waals surface area contributed by atoms with E-state index >= 15 is 0 Å². The third-order valence-electron chi connectivity index (χ3n) is 6.55. The molecule has 0 spiro atoms. The largest absolute Gasteiger partial charge is 0.502 e. The number of phenols is 1. The van der Waals surface area contributed by atoms with Crippen molar-refractivity contribution in [3.05, 3.63) is 23.8 Å². The van der Waals surface area contributed by atoms with Crippen molar-refractivity contribution in [1.29, 1.82) is 0 Å². The molecule has 9 nitrogen and oxygen atoms in total. The minimum atomic E-state index is -0.116. The molecule has 10 heteroatoms. The number of methoxy groups -OCH3 is 6. The predicted octanol–water partition coefficient (Wildman–Crippen LogP) is 4.51. The number of benzene rings is 2. The van der Waals surface area contributed by atoms with Crippen LogP contribution in [0.3, 0.4) is 0 Å². The maximum atomic E-state index is 10.3. The van der Waals surface area contributed by atoms with Crippen LogP contribution in [0.25, 0.3) is 0 Å². The second-order valence-corrected chi connectivity index (χ2v) is 9.81. The van der Waals surface area contributed by atoms with Crippen molar-refractivity contribution in [2.75, 3.05) is 62.4 Å². The summed E-state index contributed by atoms with van der Waals surface area (Å²) in [5, 5.41) is 14.3. The zero-order valence-corrected chi connectivity index (χ0v) is 23.4. The predicted molar refractivity (Wildman–Crippen MR) is 145 cm³/mol. The summed E-state index contributed by atoms with van der Waals surface area (Å²) >= 11 is 1.93. The average Bonchev–Trinajstić information content (AvgIpc) is 2.94. The number of hydrogen-bond acceptors (Lipinski definition) is 10. The Hall–Kier alpha value is -2.85. The molecule has 3 rings (SSSR count). The van der Waals surface area contributed by atoms with Gasteiger partial charge in [0.25, 0.3) is 0 Å². The van der Waals surface area contributed by atoms with Gasteiger partial charge in [-0.1, -0.05) is 6.07 Å². The second-order valence-electron chi connectivity index (χ2n) is 8.58. The monoisotopic (exact) mass is 537 g/mol. The molecule has 0 bridgehead atoms. The summed E-state index contributed by atoms with van der Waals surface area (Å²) in [4.78, 5) is 0. The zero-order valence-electron chi connectivity index (χ0n) is 22.5. The van der Waals surface area contributed by atoms with Crippen LogP contribution in [0, 0.1) is 5.92 Å². The number of nitrogens with one attached hydrogen (secondary N) is 1. The summed E-state index contributed by atoms with van der Waals surface area (Å²) in [7, 11) is 9.37. The van der Waals surface area contributed by atoms with Gasteiger partial charge >= 0.3 is 0 Å². The van der Waals surface area contributed by atoms with Gasteiger partial charge in [-0.2, -0.15) is 11.8 Å². The van der Waals surface area contributed by atoms with Crippen LogP contribution in [0.15, 0.2) is 18.2 Å². The Morgan fingerprint density at radius 2 is 1.51 bits per heavy atom. The van der Waals surface area contributed by atoms with Gasteiger partial charge in [0.15, 0.2) is 23.0 Å². The summed E-state index contributed by atoms with van der Waals surface area (Å²) in [6, 6.07) is 5.59. The van der Waals surface area contributed by atoms with Crippen LogP contribution >= 0.6 is 11.8 Å². The molecule has 1 aliphatic heterocycles. The first kappa shape index (κ1) is 28.7. The van der Waals surface area contributed by atoms with Gasteiger partial charge in [0, 0.05) is 29.2 Å². The van der Waals surface area contributed by atoms with E-state index in [9.17, 15) is 5.11 Å². The Morgan fingerprint density at radius 1 is 0.838 bits per heavy atom. The molecule has 2 aromatic rings. The highest BCUT2D eigenvalue weighted by Gasteiger charge is 2.27. The summed E-state index contributed by atoms with van der Waals surface area (Å²) in [6.07, 6.45) is 3.04. The molecule has 0 aromatic heterocycles. The highest BCUT2D eigenvalue weighted by molar-refractivity contribution is 7.99. The van der Waals surface area contributed by atoms with Crippen LogP contribution in [0.5, 0.6) is 46.0 Å². The molecule has 0 aliphatic carbocycles. The number of thioether (sulfide) groups is 1. The fourth-order valence-corrected chi connectivity index (χ4v) is 6.04. The number of ether oxygens (including phenoxy) is 7. The third-order valence-corrected chi connectivity index (χ3v) is 8.00. The fraction of sp³-hybridized carbons (Fsp3) is 0.556. The van der Waals surface area contributed by atoms with Gasteiger partial charge < -0.3 is 43.6 Å². The Balaban J connectivity index is 1.60. The highest BCUT2D eigenvalue weighted by atomic mass is 32.2. The molecule has 2 N–H and O–H groups in total. The molecule has 206 valence electrons. The van der Waals surface area contributed by atoms with Crippen LogP contribution in [0.2, 0.25) is 0 Å². The van der Waals surface area contributed by atoms with Gasteiger partial charge in [-0.3, -0.25) is 0 Å². The van der Waals surface area contributed by atoms with E-state index in [0.29, 0.717) is 40.8 Å². The maximum absolute atomic E-state index is 10.3. The molecule has 2 unspecified atom stereocenters. The first-order valence-electron chi connectivity index (χ1n) is 12.3. The lowest BCUT2D eigenvalue weighted by molar-refractivity contribution is 0.254. The van der Waals surface area contributed by atoms with Crippen LogP contribution in [-0.4, -0.2) is 72.7 Å². The molecule has 2 aromatic carbocycles. The Kier molecular flexibility index (Phi) is 11.0. The van der Waals surface area contributed by atoms with Crippen molar-refractivity contribution in [2.45, 2.75) is 30.3 Å². The third kappa shape index (κ3) is 6.73. The molecule has 1 heterocycles. The standard InChI is InChI=1S/C27H39NO8S/c1-30-19-10-9-18(24(32-3)25(19)33-4)16-37-22-15-28-12-11-17(22)8-7-13-36-21-14-20(31-2)23(29)27(35-6)26(21)34-5/h9-10,14,17,22,28-29H,7-8,11-13,15-16H2,1-6H3. The molecule has 1 aliphatic rings. The SMILES string of the molecule is COc1cc(OCCCC2CCNCC2SCc2ccc(OC)c(OC)c2OC)c(OC)c(OC)c1O. The minimum absolute atomic E-state index is 0.116. The molecular weight excluding hydrogens is 498 g/mol. The van der Waals surface area contributed by atoms with Crippen LogP contribution in [0.1, 0.15) is 24.8 Å². The van der Waals surface area contributed by atoms with Crippen molar-refractivity contribution in [3.63, 3.8) is 0 Å². The molecule has 2 atom stereocenters. The Bertz CT molecular complexity index is 1020. The van der Waals surface area contributed by atoms with Gasteiger partial charge in [-0.25, -0.2) is 0 Å². The lowest BCUT2D eigenvalue weighted by Gasteiger charge is -2.32. The van der Waals surface area contributed by atoms with Gasteiger partial charge in [-0.15, -0.1) is 0 Å². The van der Waals surface area contributed by atoms with Crippen molar-refractivity contribution >= 4 is 11.8 Å². The van der Waals surface area contributed by atoms with Gasteiger partial charge in [-0.05, 0) is 37.8 Å². The summed E-state index contributed by atoms with van der Waals surface area (Å²) in [5.41, 5.74) is 1.08. The van der Waals surface area contributed by atoms with Crippen molar-refractivity contribution < 1.29 is 38.3 Å². The smallest absolute Gasteiger partial charge is 0.211 e. The van der Waals surface area contributed by atoms with Crippen molar-refractivity contribution in [2.24, 2.45) is 5.92 Å². The quantitative estimate of drug-likeness (QED) is 0.335. The van der Waals surface area contributed by atoms with E-state index in [1.54, 1.807) is 27.4 Å². The lowest BCUT2D eigenvalue weighted by Crippen LogP contribution is -2.39. The maximum Gasteiger partial charge on any atom is 0.211 e. The molecular formula is C27H39NO8S. The van der Waals surface area contributed by atoms with Crippen molar-refractivity contribution in [3.8, 4) is 46.0 Å². The van der Waals surface area contributed by atoms with E-state index in [1.165, 1.54) is 21.3 Å². The molecule has 0 amide bonds. The molecule has 37 heavy (non-hydrogen) atoms. The number of rotatable bonds is 14. The van der Waals surface area contributed by atoms with Gasteiger partial charge in [0.2, 0.25) is 23.0 Å². The molecule has 1 fully saturated rings. The summed E-state index contributed by atoms with van der Waals surface area (Å²) < 4.78 is 38.6. The minimum Gasteiger partial charge on any atom is -0.502 e. The fourth-order valence-electron chi connectivity index (χ4n) is 4.64. The normalized spacial score (nSPS) is 17.1. The van der Waals surface area contributed by atoms with E-state index < -0.39 is 0 Å². The number of aromatic hydroxyl groups is 1. The van der Waals surface area contributed by atoms with Crippen molar-refractivity contribution in [1.82, 2.24) is 5.32 Å². The lowest BCUT2D eigenvalue weighted by atomic mass is 9.93. The summed E-state index contributed by atoms with van der Waals surface area (Å²) in [5.74, 6) is 4.55. The topological polar surface area (TPSA) is 96.9 Å². The van der Waals surface area contributed by atoms with E-state index in [0.717, 1.165) is 49.4 Å². The Morgan fingerprint density at radius 3 is 2.16 bits per heavy atom. The average molecular weight is 538 g/mol. The van der Waals surface area contributed by atoms with E-state index in [-0.39, 0.29) is 17.2 Å². The zero-order chi connectivity index (χ0) is 26.8. The second kappa shape index (κ2) is 14.2. The van der Waals surface area contributed by atoms with Crippen LogP contribution < -0.4 is 38.5 Å². The number of piperidine rings is 1. The first-order valence-corrected chi connectivity index (χ1v) is 13.3. The molecule has 0 radical (unpaired) electrons. The number of hydrogen-bond donors (Lipinski definition) is 2.